The molecule has 45 heteroatoms. The SMILES string of the molecule is CC(=O)OOC(C)=O.COc1cncc2c1[C@]1(O)C(=O)C(S(C)(=O)=O)[C@@H](c3ccccc3)[C@]1(c1ccc(Br)cc1)O2.COc1cncc2c1[C@]1(O)C(=O)C[C@@H](c3ccccc3)[C@]1(c1ccc(Br)cc1)O2.COc1cncc2c1[C@]1(O)[C@H](O)[C@H](S(C)(=O)=O)[C@@H](c3ccccc3)[C@]1(c1ccc(Br)cc1)O2.COc1cncc2c1[C@]1(O)[C@H](O)[C@H](S(C)(=O)=O)[C@@H](c3ccccc3)[C@]1(c1ccc(Br)cc1)O2.CS(=O)[O-].[B-]OC(C)=O.[Na+].[Na+]. The number of ether oxygens (including phenoxy) is 8. The molecule has 8 heterocycles. The predicted octanol–water partition coefficient (Wildman–Crippen LogP) is 6.16. The van der Waals surface area contributed by atoms with Crippen molar-refractivity contribution in [3.8, 4) is 46.0 Å². The second kappa shape index (κ2) is 45.8. The van der Waals surface area contributed by atoms with Crippen LogP contribution in [0.1, 0.15) is 118 Å². The van der Waals surface area contributed by atoms with Gasteiger partial charge in [0.2, 0.25) is 11.6 Å². The molecule has 0 bridgehead atoms. The van der Waals surface area contributed by atoms with E-state index in [2.05, 4.69) is 106 Å². The van der Waals surface area contributed by atoms with Crippen molar-refractivity contribution in [1.29, 1.82) is 0 Å². The average Bonchev–Trinajstić information content (AvgIpc) is 1.49. The summed E-state index contributed by atoms with van der Waals surface area (Å²) in [5.41, 5.74) is -9.18. The Hall–Kier alpha value is -9.79. The number of Topliss-reactive ketones (excluding diaryl/α,β-unsaturated/α-hetero) is 2. The van der Waals surface area contributed by atoms with E-state index >= 15 is 0 Å². The maximum atomic E-state index is 14.0. The van der Waals surface area contributed by atoms with Crippen LogP contribution < -0.4 is 97.0 Å². The van der Waals surface area contributed by atoms with Crippen LogP contribution in [0.5, 0.6) is 46.0 Å². The number of halogens is 4. The number of ketones is 2. The Morgan fingerprint density at radius 1 is 0.401 bits per heavy atom. The van der Waals surface area contributed by atoms with Crippen molar-refractivity contribution >= 4 is 142 Å². The van der Waals surface area contributed by atoms with E-state index in [4.69, 9.17) is 46.7 Å². The number of hydrogen-bond acceptors (Lipinski definition) is 34. The molecule has 8 aliphatic rings. The zero-order chi connectivity index (χ0) is 105. The van der Waals surface area contributed by atoms with Crippen molar-refractivity contribution < 1.29 is 200 Å². The Balaban J connectivity index is 0.000000164. The Morgan fingerprint density at radius 2 is 0.660 bits per heavy atom. The molecule has 4 aromatic heterocycles. The van der Waals surface area contributed by atoms with E-state index in [0.29, 0.717) is 50.4 Å². The summed E-state index contributed by atoms with van der Waals surface area (Å²) in [5, 5.41) is 68.3. The Labute approximate surface area is 928 Å². The van der Waals surface area contributed by atoms with Gasteiger partial charge in [0, 0.05) is 69.8 Å². The molecule has 4 aliphatic carbocycles. The van der Waals surface area contributed by atoms with Crippen LogP contribution in [-0.4, -0.2) is 204 Å². The number of benzene rings is 8. The normalized spacial score (nSPS) is 26.4. The van der Waals surface area contributed by atoms with Gasteiger partial charge in [0.25, 0.3) is 0 Å². The number of carbonyl (C=O) groups is 5. The summed E-state index contributed by atoms with van der Waals surface area (Å²) >= 11 is 11.9. The van der Waals surface area contributed by atoms with Gasteiger partial charge in [0.05, 0.1) is 118 Å². The van der Waals surface area contributed by atoms with Gasteiger partial charge in [-0.2, -0.15) is 0 Å². The number of nitrogens with zero attached hydrogens (tertiary/aromatic N) is 4. The molecule has 0 saturated heterocycles. The molecule has 20 rings (SSSR count). The van der Waals surface area contributed by atoms with E-state index in [1.807, 2.05) is 66.7 Å². The smallest absolute Gasteiger partial charge is 0.793 e. The molecule has 18 atom stereocenters. The first-order valence-electron chi connectivity index (χ1n) is 43.9. The van der Waals surface area contributed by atoms with Gasteiger partial charge in [-0.05, 0) is 99.3 Å². The number of hydrogen-bond donors (Lipinski definition) is 6. The number of methoxy groups -OCH3 is 4. The summed E-state index contributed by atoms with van der Waals surface area (Å²) in [6.07, 6.45) is 12.5. The maximum Gasteiger partial charge on any atom is 1.00 e. The van der Waals surface area contributed by atoms with Crippen LogP contribution in [0.25, 0.3) is 0 Å². The fourth-order valence-electron chi connectivity index (χ4n) is 21.2. The van der Waals surface area contributed by atoms with Gasteiger partial charge in [-0.1, -0.05) is 245 Å². The van der Waals surface area contributed by atoms with Crippen molar-refractivity contribution in [2.24, 2.45) is 0 Å². The number of aromatic nitrogens is 4. The van der Waals surface area contributed by atoms with E-state index in [-0.39, 0.29) is 128 Å². The zero-order valence-electron chi connectivity index (χ0n) is 80.8. The molecule has 12 aromatic rings. The van der Waals surface area contributed by atoms with E-state index in [1.54, 1.807) is 152 Å². The predicted molar refractivity (Wildman–Crippen MR) is 540 cm³/mol. The summed E-state index contributed by atoms with van der Waals surface area (Å²) in [6, 6.07) is 65.1. The van der Waals surface area contributed by atoms with Gasteiger partial charge < -0.3 is 85.8 Å². The molecule has 6 N–H and O–H groups in total. The molecular weight excluding hydrogens is 2270 g/mol. The fourth-order valence-corrected chi connectivity index (χ4v) is 26.7. The van der Waals surface area contributed by atoms with Crippen molar-refractivity contribution in [3.05, 3.63) is 353 Å². The molecule has 4 fully saturated rings. The van der Waals surface area contributed by atoms with Crippen LogP contribution in [0.2, 0.25) is 0 Å². The summed E-state index contributed by atoms with van der Waals surface area (Å²) in [6.45, 7) is 3.52. The summed E-state index contributed by atoms with van der Waals surface area (Å²) in [5.74, 6) is -4.31. The quantitative estimate of drug-likeness (QED) is 0.0290. The van der Waals surface area contributed by atoms with Gasteiger partial charge in [-0.15, -0.1) is 0 Å². The summed E-state index contributed by atoms with van der Waals surface area (Å²) in [7, 11) is -1.63. The van der Waals surface area contributed by atoms with Gasteiger partial charge in [-0.25, -0.2) is 44.6 Å². The molecule has 3 radical (unpaired) electrons. The second-order valence-corrected chi connectivity index (χ2v) is 45.7. The van der Waals surface area contributed by atoms with Crippen molar-refractivity contribution in [3.63, 3.8) is 0 Å². The third-order valence-electron chi connectivity index (χ3n) is 26.5. The number of carbonyl (C=O) groups excluding carboxylic acids is 5. The van der Waals surface area contributed by atoms with E-state index in [0.717, 1.165) is 67.9 Å². The van der Waals surface area contributed by atoms with Gasteiger partial charge in [0.1, 0.15) is 74.0 Å². The zero-order valence-corrected chi connectivity index (χ0v) is 94.4. The minimum absolute atomic E-state index is 0. The standard InChI is InChI=1S/2C24H22BrNO6S.C24H20BrNO6S.C23H18BrNO4.C4H6O4.C2H3BO2.CH4O2S.2Na/c3*1-31-17-12-26-13-18-20(17)23(28)22(27)21(33(2,29)30)19(14-6-4-3-5-7-14)24(23,32-18)15-8-10-16(25)11-9-15;1-28-18-12-25-13-19-21(18)22(27)20(26)11-17(14-5-3-2-4-6-14)23(22,29-19)15-7-9-16(24)10-8-15;1-3(5)7-8-4(2)6;1-2(4)5-3;1-4(2)3;;/h2*3-13,19,21-22,27-28H,1-2H3;3-13,19,21,28H,1-2H3;2-10,12-13,17,27H,11H2,1H3;1-2H3;1H3;1H3,(H,2,3);;/q;;;;;-1;;2*+1/p-1/t2*19-,21-,22-,23+,24+;19-,21?,23+,24+;17-,22+,23-;;;;;/m1110...../s1. The first-order valence-corrected chi connectivity index (χ1v) is 54.4. The molecule has 0 amide bonds. The first kappa shape index (κ1) is 116. The number of fused-ring (bicyclic) bond motifs is 12. The maximum absolute atomic E-state index is 14.0. The molecular formula is C102H94BBr4N4Na2O30S4. The van der Waals surface area contributed by atoms with Crippen LogP contribution >= 0.6 is 63.7 Å². The summed E-state index contributed by atoms with van der Waals surface area (Å²) in [4.78, 5) is 80.8. The topological polar surface area (TPSA) is 502 Å². The second-order valence-electron chi connectivity index (χ2n) is 34.7. The van der Waals surface area contributed by atoms with Crippen molar-refractivity contribution in [1.82, 2.24) is 19.9 Å². The molecule has 759 valence electrons. The number of aliphatic hydroxyl groups excluding tert-OH is 2. The Bertz CT molecular complexity index is 7060. The van der Waals surface area contributed by atoms with Crippen molar-refractivity contribution in [2.45, 2.75) is 124 Å². The third-order valence-corrected chi connectivity index (χ3v) is 33.0. The number of aliphatic hydroxyl groups is 6. The largest absolute Gasteiger partial charge is 1.00 e. The van der Waals surface area contributed by atoms with Crippen LogP contribution in [0.15, 0.2) is 286 Å². The fraction of sp³-hybridized carbons (Fsp3) is 0.284. The molecule has 4 aliphatic heterocycles. The summed E-state index contributed by atoms with van der Waals surface area (Å²) < 4.78 is 151. The van der Waals surface area contributed by atoms with Crippen LogP contribution in [-0.2, 0) is 124 Å². The van der Waals surface area contributed by atoms with Crippen LogP contribution in [0.4, 0.5) is 0 Å². The average molecular weight is 2360 g/mol. The molecule has 0 spiro atoms. The minimum Gasteiger partial charge on any atom is -0.793 e. The number of rotatable bonds is 15. The molecule has 147 heavy (non-hydrogen) atoms. The van der Waals surface area contributed by atoms with Gasteiger partial charge >= 0.3 is 71.1 Å². The number of sulfone groups is 3. The van der Waals surface area contributed by atoms with Gasteiger partial charge in [-0.3, -0.25) is 38.5 Å². The molecule has 2 unspecified atom stereocenters. The molecule has 4 saturated carbocycles. The first-order chi connectivity index (χ1) is 68.6. The number of pyridine rings is 4. The Kier molecular flexibility index (Phi) is 36.1. The molecule has 34 nitrogen and oxygen atoms in total. The minimum atomic E-state index is -3.96. The van der Waals surface area contributed by atoms with Gasteiger partial charge in [0.15, 0.2) is 80.3 Å². The van der Waals surface area contributed by atoms with E-state index < -0.39 is 155 Å². The molecule has 8 aromatic carbocycles. The third kappa shape index (κ3) is 20.4. The van der Waals surface area contributed by atoms with E-state index in [1.165, 1.54) is 84.9 Å². The Morgan fingerprint density at radius 3 is 0.946 bits per heavy atom. The van der Waals surface area contributed by atoms with Crippen molar-refractivity contribution in [2.75, 3.05) is 53.5 Å². The van der Waals surface area contributed by atoms with Crippen LogP contribution in [0, 0.1) is 0 Å². The van der Waals surface area contributed by atoms with Crippen LogP contribution in [0.3, 0.4) is 0 Å². The monoisotopic (exact) mass is 2360 g/mol. The van der Waals surface area contributed by atoms with E-state index in [9.17, 15) is 79.9 Å².